The third-order valence-electron chi connectivity index (χ3n) is 2.26. The summed E-state index contributed by atoms with van der Waals surface area (Å²) in [5.74, 6) is 0.0438. The van der Waals surface area contributed by atoms with Gasteiger partial charge in [0.15, 0.2) is 5.82 Å². The van der Waals surface area contributed by atoms with Crippen molar-refractivity contribution in [3.05, 3.63) is 30.5 Å². The topological polar surface area (TPSA) is 81.9 Å². The van der Waals surface area contributed by atoms with E-state index in [2.05, 4.69) is 20.4 Å². The van der Waals surface area contributed by atoms with Gasteiger partial charge in [-0.05, 0) is 6.92 Å². The molecule has 1 N–H and O–H groups in total. The molecular weight excluding hydrogens is 234 g/mol. The maximum Gasteiger partial charge on any atom is 0.343 e. The second-order valence-corrected chi connectivity index (χ2v) is 3.40. The van der Waals surface area contributed by atoms with Crippen molar-refractivity contribution in [3.8, 4) is 5.69 Å². The van der Waals surface area contributed by atoms with E-state index in [1.54, 1.807) is 32.6 Å². The van der Waals surface area contributed by atoms with Crippen LogP contribution in [0.25, 0.3) is 5.69 Å². The minimum Gasteiger partial charge on any atom is -0.462 e. The van der Waals surface area contributed by atoms with Gasteiger partial charge in [-0.3, -0.25) is 0 Å². The lowest BCUT2D eigenvalue weighted by Gasteiger charge is -2.00. The summed E-state index contributed by atoms with van der Waals surface area (Å²) in [5.41, 5.74) is 1.05. The van der Waals surface area contributed by atoms with Gasteiger partial charge in [-0.1, -0.05) is 0 Å². The van der Waals surface area contributed by atoms with Crippen LogP contribution in [0, 0.1) is 0 Å². The molecule has 0 radical (unpaired) electrons. The van der Waals surface area contributed by atoms with Gasteiger partial charge < -0.3 is 10.1 Å². The molecular formula is C11H13N5O2. The van der Waals surface area contributed by atoms with Crippen molar-refractivity contribution < 1.29 is 9.53 Å². The number of ether oxygens (including phenoxy) is 1. The highest BCUT2D eigenvalue weighted by atomic mass is 16.5. The first-order valence-corrected chi connectivity index (χ1v) is 5.46. The third kappa shape index (κ3) is 2.29. The lowest BCUT2D eigenvalue weighted by atomic mass is 10.3. The summed E-state index contributed by atoms with van der Waals surface area (Å²) < 4.78 is 6.48. The summed E-state index contributed by atoms with van der Waals surface area (Å²) in [4.78, 5) is 19.5. The maximum atomic E-state index is 11.7. The molecule has 0 unspecified atom stereocenters. The molecule has 0 aliphatic carbocycles. The van der Waals surface area contributed by atoms with Crippen molar-refractivity contribution >= 4 is 11.8 Å². The number of aromatic nitrogens is 4. The lowest BCUT2D eigenvalue weighted by molar-refractivity contribution is 0.0527. The summed E-state index contributed by atoms with van der Waals surface area (Å²) in [6, 6.07) is 0. The van der Waals surface area contributed by atoms with E-state index >= 15 is 0 Å². The monoisotopic (exact) mass is 247 g/mol. The van der Waals surface area contributed by atoms with E-state index in [0.29, 0.717) is 23.7 Å². The molecule has 0 amide bonds. The molecule has 0 aromatic carbocycles. The fraction of sp³-hybridized carbons (Fsp3) is 0.273. The quantitative estimate of drug-likeness (QED) is 0.808. The summed E-state index contributed by atoms with van der Waals surface area (Å²) in [5, 5.41) is 7.08. The Balaban J connectivity index is 2.38. The normalized spacial score (nSPS) is 10.1. The summed E-state index contributed by atoms with van der Waals surface area (Å²) in [6.07, 6.45) is 6.23. The van der Waals surface area contributed by atoms with Crippen LogP contribution >= 0.6 is 0 Å². The highest BCUT2D eigenvalue weighted by Crippen LogP contribution is 2.16. The number of nitrogens with one attached hydrogen (secondary N) is 1. The fourth-order valence-electron chi connectivity index (χ4n) is 1.46. The number of esters is 1. The lowest BCUT2D eigenvalue weighted by Crippen LogP contribution is -2.06. The summed E-state index contributed by atoms with van der Waals surface area (Å²) >= 11 is 0. The molecule has 0 fully saturated rings. The summed E-state index contributed by atoms with van der Waals surface area (Å²) in [6.45, 7) is 2.08. The van der Waals surface area contributed by atoms with Gasteiger partial charge in [-0.2, -0.15) is 0 Å². The van der Waals surface area contributed by atoms with Crippen LogP contribution < -0.4 is 5.32 Å². The highest BCUT2D eigenvalue weighted by Gasteiger charge is 2.17. The van der Waals surface area contributed by atoms with Crippen LogP contribution in [0.1, 0.15) is 17.3 Å². The van der Waals surface area contributed by atoms with E-state index in [4.69, 9.17) is 4.74 Å². The van der Waals surface area contributed by atoms with E-state index in [1.165, 1.54) is 11.0 Å². The van der Waals surface area contributed by atoms with Crippen LogP contribution in [0.4, 0.5) is 5.82 Å². The molecule has 18 heavy (non-hydrogen) atoms. The Kier molecular flexibility index (Phi) is 3.52. The first kappa shape index (κ1) is 12.0. The summed E-state index contributed by atoms with van der Waals surface area (Å²) in [7, 11) is 1.69. The number of carbonyl (C=O) groups is 1. The van der Waals surface area contributed by atoms with E-state index in [9.17, 15) is 4.79 Å². The van der Waals surface area contributed by atoms with Crippen molar-refractivity contribution in [3.63, 3.8) is 0 Å². The van der Waals surface area contributed by atoms with E-state index < -0.39 is 5.97 Å². The van der Waals surface area contributed by atoms with Crippen LogP contribution in [0.5, 0.6) is 0 Å². The number of rotatable bonds is 4. The molecule has 2 aromatic heterocycles. The Hall–Kier alpha value is -2.44. The van der Waals surface area contributed by atoms with Crippen LogP contribution in [0.15, 0.2) is 24.9 Å². The Morgan fingerprint density at radius 3 is 2.78 bits per heavy atom. The zero-order chi connectivity index (χ0) is 13.0. The molecule has 0 atom stereocenters. The zero-order valence-corrected chi connectivity index (χ0v) is 10.1. The van der Waals surface area contributed by atoms with Crippen molar-refractivity contribution in [1.29, 1.82) is 0 Å². The SMILES string of the molecule is CCOC(=O)c1cn(-c2cncnc2)nc1NC. The molecule has 7 heteroatoms. The highest BCUT2D eigenvalue weighted by molar-refractivity contribution is 5.94. The maximum absolute atomic E-state index is 11.7. The van der Waals surface area contributed by atoms with Gasteiger partial charge in [-0.25, -0.2) is 19.4 Å². The van der Waals surface area contributed by atoms with E-state index in [0.717, 1.165) is 0 Å². The minimum atomic E-state index is -0.412. The second kappa shape index (κ2) is 5.26. The molecule has 0 saturated heterocycles. The Morgan fingerprint density at radius 1 is 1.44 bits per heavy atom. The fourth-order valence-corrected chi connectivity index (χ4v) is 1.46. The van der Waals surface area contributed by atoms with Gasteiger partial charge in [0.2, 0.25) is 0 Å². The molecule has 0 bridgehead atoms. The van der Waals surface area contributed by atoms with Crippen molar-refractivity contribution in [2.24, 2.45) is 0 Å². The van der Waals surface area contributed by atoms with Gasteiger partial charge in [0.1, 0.15) is 17.6 Å². The van der Waals surface area contributed by atoms with Crippen LogP contribution in [-0.4, -0.2) is 39.4 Å². The predicted molar refractivity (Wildman–Crippen MR) is 64.7 cm³/mol. The molecule has 0 aliphatic rings. The van der Waals surface area contributed by atoms with Crippen LogP contribution in [-0.2, 0) is 4.74 Å². The molecule has 0 saturated carbocycles. The molecule has 94 valence electrons. The number of carbonyl (C=O) groups excluding carboxylic acids is 1. The van der Waals surface area contributed by atoms with Crippen molar-refractivity contribution in [1.82, 2.24) is 19.7 Å². The van der Waals surface area contributed by atoms with Crippen molar-refractivity contribution in [2.75, 3.05) is 19.0 Å². The standard InChI is InChI=1S/C11H13N5O2/c1-3-18-11(17)9-6-16(15-10(9)12-2)8-4-13-7-14-5-8/h4-7H,3H2,1-2H3,(H,12,15). The second-order valence-electron chi connectivity index (χ2n) is 3.40. The van der Waals surface area contributed by atoms with Gasteiger partial charge >= 0.3 is 5.97 Å². The Morgan fingerprint density at radius 2 is 2.17 bits per heavy atom. The molecule has 0 spiro atoms. The number of hydrogen-bond donors (Lipinski definition) is 1. The van der Waals surface area contributed by atoms with Gasteiger partial charge in [0, 0.05) is 13.2 Å². The number of anilines is 1. The molecule has 0 aliphatic heterocycles. The Bertz CT molecular complexity index is 538. The molecule has 7 nitrogen and oxygen atoms in total. The average Bonchev–Trinajstić information content (AvgIpc) is 2.84. The first-order valence-electron chi connectivity index (χ1n) is 5.46. The van der Waals surface area contributed by atoms with Crippen LogP contribution in [0.3, 0.4) is 0 Å². The average molecular weight is 247 g/mol. The van der Waals surface area contributed by atoms with Crippen LogP contribution in [0.2, 0.25) is 0 Å². The zero-order valence-electron chi connectivity index (χ0n) is 10.1. The van der Waals surface area contributed by atoms with Gasteiger partial charge in [-0.15, -0.1) is 5.10 Å². The Labute approximate surface area is 104 Å². The van der Waals surface area contributed by atoms with E-state index in [-0.39, 0.29) is 0 Å². The third-order valence-corrected chi connectivity index (χ3v) is 2.26. The van der Waals surface area contributed by atoms with Crippen molar-refractivity contribution in [2.45, 2.75) is 6.92 Å². The number of hydrogen-bond acceptors (Lipinski definition) is 6. The molecule has 2 rings (SSSR count). The largest absolute Gasteiger partial charge is 0.462 e. The first-order chi connectivity index (χ1) is 8.76. The van der Waals surface area contributed by atoms with Gasteiger partial charge in [0.05, 0.1) is 19.0 Å². The molecule has 2 aromatic rings. The van der Waals surface area contributed by atoms with E-state index in [1.807, 2.05) is 0 Å². The molecule has 2 heterocycles. The number of nitrogens with zero attached hydrogens (tertiary/aromatic N) is 4. The smallest absolute Gasteiger partial charge is 0.343 e. The minimum absolute atomic E-state index is 0.321. The predicted octanol–water partition coefficient (Wildman–Crippen LogP) is 0.881. The van der Waals surface area contributed by atoms with Gasteiger partial charge in [0.25, 0.3) is 0 Å².